The van der Waals surface area contributed by atoms with Crippen LogP contribution in [0.2, 0.25) is 0 Å². The highest BCUT2D eigenvalue weighted by molar-refractivity contribution is 9.09. The van der Waals surface area contributed by atoms with Crippen LogP contribution in [0.15, 0.2) is 53.6 Å². The SMILES string of the molecule is COc1ccc(NC(=S)N(CCO)/N=C(\CBr)c2ccc(C)cc2)cc1. The zero-order valence-corrected chi connectivity index (χ0v) is 17.2. The Balaban J connectivity index is 2.19. The van der Waals surface area contributed by atoms with Crippen LogP contribution < -0.4 is 10.1 Å². The van der Waals surface area contributed by atoms with Crippen molar-refractivity contribution < 1.29 is 9.84 Å². The van der Waals surface area contributed by atoms with E-state index in [1.165, 1.54) is 5.56 Å². The molecular weight excluding hydrogens is 414 g/mol. The molecule has 2 aromatic carbocycles. The van der Waals surface area contributed by atoms with Crippen LogP contribution in [-0.2, 0) is 0 Å². The predicted octanol–water partition coefficient (Wildman–Crippen LogP) is 3.79. The summed E-state index contributed by atoms with van der Waals surface area (Å²) in [5.74, 6) is 0.771. The Morgan fingerprint density at radius 3 is 2.38 bits per heavy atom. The first-order valence-corrected chi connectivity index (χ1v) is 9.64. The van der Waals surface area contributed by atoms with Gasteiger partial charge in [0.15, 0.2) is 5.11 Å². The van der Waals surface area contributed by atoms with Crippen LogP contribution >= 0.6 is 28.1 Å². The van der Waals surface area contributed by atoms with Gasteiger partial charge >= 0.3 is 0 Å². The average molecular weight is 436 g/mol. The number of aryl methyl sites for hydroxylation is 1. The number of hydrogen-bond donors (Lipinski definition) is 2. The van der Waals surface area contributed by atoms with Gasteiger partial charge in [-0.25, -0.2) is 5.01 Å². The molecule has 7 heteroatoms. The van der Waals surface area contributed by atoms with Gasteiger partial charge in [-0.2, -0.15) is 5.10 Å². The number of thiocarbonyl (C=S) groups is 1. The molecule has 26 heavy (non-hydrogen) atoms. The average Bonchev–Trinajstić information content (AvgIpc) is 2.66. The van der Waals surface area contributed by atoms with Crippen LogP contribution in [0, 0.1) is 6.92 Å². The molecule has 0 atom stereocenters. The maximum atomic E-state index is 9.39. The van der Waals surface area contributed by atoms with Crippen LogP contribution in [0.3, 0.4) is 0 Å². The van der Waals surface area contributed by atoms with Gasteiger partial charge in [0.2, 0.25) is 0 Å². The molecule has 0 unspecified atom stereocenters. The number of hydrogen-bond acceptors (Lipinski definition) is 4. The van der Waals surface area contributed by atoms with Crippen molar-refractivity contribution in [2.75, 3.05) is 30.9 Å². The van der Waals surface area contributed by atoms with Gasteiger partial charge in [0, 0.05) is 11.0 Å². The minimum atomic E-state index is -0.0581. The smallest absolute Gasteiger partial charge is 0.194 e. The zero-order valence-electron chi connectivity index (χ0n) is 14.8. The summed E-state index contributed by atoms with van der Waals surface area (Å²) in [5.41, 5.74) is 3.84. The molecule has 0 saturated carbocycles. The highest BCUT2D eigenvalue weighted by atomic mass is 79.9. The van der Waals surface area contributed by atoms with Crippen LogP contribution in [0.4, 0.5) is 5.69 Å². The number of nitrogens with zero attached hydrogens (tertiary/aromatic N) is 2. The Hall–Kier alpha value is -1.96. The fraction of sp³-hybridized carbons (Fsp3) is 0.263. The van der Waals surface area contributed by atoms with Crippen molar-refractivity contribution in [1.29, 1.82) is 0 Å². The standard InChI is InChI=1S/C19H22BrN3O2S/c1-14-3-5-15(6-4-14)18(13-20)22-23(11-12-24)19(26)21-16-7-9-17(25-2)10-8-16/h3-10,24H,11-13H2,1-2H3,(H,21,26)/b22-18+. The predicted molar refractivity (Wildman–Crippen MR) is 115 cm³/mol. The molecule has 0 amide bonds. The highest BCUT2D eigenvalue weighted by Crippen LogP contribution is 2.16. The largest absolute Gasteiger partial charge is 0.497 e. The van der Waals surface area contributed by atoms with E-state index in [9.17, 15) is 5.11 Å². The number of rotatable bonds is 7. The molecule has 0 saturated heterocycles. The monoisotopic (exact) mass is 435 g/mol. The second-order valence-corrected chi connectivity index (χ2v) is 6.50. The number of aliphatic hydroxyl groups is 1. The second kappa shape index (κ2) is 10.3. The quantitative estimate of drug-likeness (QED) is 0.299. The van der Waals surface area contributed by atoms with Crippen molar-refractivity contribution in [2.45, 2.75) is 6.92 Å². The highest BCUT2D eigenvalue weighted by Gasteiger charge is 2.11. The summed E-state index contributed by atoms with van der Waals surface area (Å²) in [4.78, 5) is 0. The molecule has 0 aliphatic rings. The van der Waals surface area contributed by atoms with E-state index < -0.39 is 0 Å². The van der Waals surface area contributed by atoms with Crippen molar-refractivity contribution in [3.63, 3.8) is 0 Å². The van der Waals surface area contributed by atoms with Crippen molar-refractivity contribution in [2.24, 2.45) is 5.10 Å². The van der Waals surface area contributed by atoms with Crippen LogP contribution in [-0.4, -0.2) is 46.5 Å². The summed E-state index contributed by atoms with van der Waals surface area (Å²) in [6.45, 7) is 2.28. The summed E-state index contributed by atoms with van der Waals surface area (Å²) in [7, 11) is 1.62. The number of ether oxygens (including phenoxy) is 1. The van der Waals surface area contributed by atoms with E-state index in [1.807, 2.05) is 55.5 Å². The summed E-state index contributed by atoms with van der Waals surface area (Å²) >= 11 is 8.96. The Labute approximate surface area is 167 Å². The maximum absolute atomic E-state index is 9.39. The van der Waals surface area contributed by atoms with Gasteiger partial charge in [-0.3, -0.25) is 0 Å². The molecule has 0 aliphatic heterocycles. The molecule has 0 spiro atoms. The van der Waals surface area contributed by atoms with Gasteiger partial charge in [-0.1, -0.05) is 45.8 Å². The minimum Gasteiger partial charge on any atom is -0.497 e. The lowest BCUT2D eigenvalue weighted by Crippen LogP contribution is -2.34. The van der Waals surface area contributed by atoms with Gasteiger partial charge in [-0.15, -0.1) is 0 Å². The number of halogens is 1. The summed E-state index contributed by atoms with van der Waals surface area (Å²) < 4.78 is 5.15. The van der Waals surface area contributed by atoms with E-state index in [0.717, 1.165) is 22.7 Å². The first kappa shape index (κ1) is 20.4. The van der Waals surface area contributed by atoms with Gasteiger partial charge in [0.25, 0.3) is 0 Å². The molecule has 0 bridgehead atoms. The van der Waals surface area contributed by atoms with Crippen LogP contribution in [0.5, 0.6) is 5.75 Å². The van der Waals surface area contributed by atoms with Crippen molar-refractivity contribution in [3.05, 3.63) is 59.7 Å². The van der Waals surface area contributed by atoms with E-state index in [1.54, 1.807) is 12.1 Å². The third kappa shape index (κ3) is 5.79. The summed E-state index contributed by atoms with van der Waals surface area (Å²) in [5, 5.41) is 19.7. The minimum absolute atomic E-state index is 0.0581. The maximum Gasteiger partial charge on any atom is 0.194 e. The molecule has 0 heterocycles. The Morgan fingerprint density at radius 2 is 1.85 bits per heavy atom. The van der Waals surface area contributed by atoms with Crippen molar-refractivity contribution in [1.82, 2.24) is 5.01 Å². The van der Waals surface area contributed by atoms with Gasteiger partial charge in [0.1, 0.15) is 5.75 Å². The van der Waals surface area contributed by atoms with Crippen LogP contribution in [0.1, 0.15) is 11.1 Å². The molecule has 2 rings (SSSR count). The lowest BCUT2D eigenvalue weighted by Gasteiger charge is -2.21. The Morgan fingerprint density at radius 1 is 1.19 bits per heavy atom. The van der Waals surface area contributed by atoms with Gasteiger partial charge in [-0.05, 0) is 49.0 Å². The van der Waals surface area contributed by atoms with Crippen molar-refractivity contribution in [3.8, 4) is 5.75 Å². The lowest BCUT2D eigenvalue weighted by atomic mass is 10.1. The van der Waals surface area contributed by atoms with E-state index in [0.29, 0.717) is 17.0 Å². The number of hydrazone groups is 1. The fourth-order valence-electron chi connectivity index (χ4n) is 2.21. The third-order valence-electron chi connectivity index (χ3n) is 3.64. The molecule has 0 fully saturated rings. The van der Waals surface area contributed by atoms with Crippen LogP contribution in [0.25, 0.3) is 0 Å². The first-order chi connectivity index (χ1) is 12.6. The molecular formula is C19H22BrN3O2S. The van der Waals surface area contributed by atoms with Gasteiger partial charge in [0.05, 0.1) is 26.0 Å². The summed E-state index contributed by atoms with van der Waals surface area (Å²) in [6.07, 6.45) is 0. The van der Waals surface area contributed by atoms with E-state index in [4.69, 9.17) is 17.0 Å². The van der Waals surface area contributed by atoms with Gasteiger partial charge < -0.3 is 15.2 Å². The Kier molecular flexibility index (Phi) is 8.03. The number of methoxy groups -OCH3 is 1. The number of aliphatic hydroxyl groups excluding tert-OH is 1. The molecule has 2 N–H and O–H groups in total. The Bertz CT molecular complexity index is 748. The fourth-order valence-corrected chi connectivity index (χ4v) is 2.89. The molecule has 5 nitrogen and oxygen atoms in total. The third-order valence-corrected chi connectivity index (χ3v) is 4.48. The summed E-state index contributed by atoms with van der Waals surface area (Å²) in [6, 6.07) is 15.6. The van der Waals surface area contributed by atoms with E-state index >= 15 is 0 Å². The lowest BCUT2D eigenvalue weighted by molar-refractivity contribution is 0.254. The van der Waals surface area contributed by atoms with E-state index in [-0.39, 0.29) is 6.61 Å². The first-order valence-electron chi connectivity index (χ1n) is 8.11. The molecule has 2 aromatic rings. The number of anilines is 1. The molecule has 0 aromatic heterocycles. The number of benzene rings is 2. The molecule has 0 aliphatic carbocycles. The molecule has 0 radical (unpaired) electrons. The normalized spacial score (nSPS) is 11.2. The number of alkyl halides is 1. The second-order valence-electron chi connectivity index (χ2n) is 5.55. The van der Waals surface area contributed by atoms with E-state index in [2.05, 4.69) is 26.3 Å². The topological polar surface area (TPSA) is 57.1 Å². The molecule has 138 valence electrons. The zero-order chi connectivity index (χ0) is 18.9. The van der Waals surface area contributed by atoms with Crippen molar-refractivity contribution >= 4 is 44.7 Å². The number of nitrogens with one attached hydrogen (secondary N) is 1.